The fraction of sp³-hybridized carbons (Fsp3) is 0.250. The van der Waals surface area contributed by atoms with Crippen molar-refractivity contribution in [2.75, 3.05) is 5.32 Å². The van der Waals surface area contributed by atoms with E-state index in [1.807, 2.05) is 6.92 Å². The maximum atomic E-state index is 13.8. The van der Waals surface area contributed by atoms with Gasteiger partial charge in [0.25, 0.3) is 6.43 Å². The maximum Gasteiger partial charge on any atom is 0.435 e. The van der Waals surface area contributed by atoms with Crippen molar-refractivity contribution in [3.05, 3.63) is 64.5 Å². The molecule has 0 aliphatic carbocycles. The third kappa shape index (κ3) is 2.83. The first-order chi connectivity index (χ1) is 13.1. The lowest BCUT2D eigenvalue weighted by molar-refractivity contribution is -0.141. The van der Waals surface area contributed by atoms with Gasteiger partial charge in [0.2, 0.25) is 0 Å². The summed E-state index contributed by atoms with van der Waals surface area (Å²) in [7, 11) is 0. The number of halogens is 5. The van der Waals surface area contributed by atoms with Gasteiger partial charge in [-0.15, -0.1) is 0 Å². The first-order valence-electron chi connectivity index (χ1n) is 8.53. The van der Waals surface area contributed by atoms with Gasteiger partial charge in [0.05, 0.1) is 11.2 Å². The van der Waals surface area contributed by atoms with Crippen molar-refractivity contribution in [1.29, 1.82) is 0 Å². The molecule has 146 valence electrons. The molecule has 0 amide bonds. The SMILES string of the molecule is C=C1Cc2cc(-c3c(C(F)F)cc(C)c4cc(C(F)(F)F)nn34)cc(C)c2N1. The van der Waals surface area contributed by atoms with Gasteiger partial charge in [-0.3, -0.25) is 0 Å². The van der Waals surface area contributed by atoms with Crippen LogP contribution in [0.25, 0.3) is 16.8 Å². The van der Waals surface area contributed by atoms with Gasteiger partial charge >= 0.3 is 6.18 Å². The van der Waals surface area contributed by atoms with Crippen molar-refractivity contribution in [2.45, 2.75) is 32.9 Å². The zero-order valence-electron chi connectivity index (χ0n) is 15.1. The smallest absolute Gasteiger partial charge is 0.359 e. The van der Waals surface area contributed by atoms with E-state index in [0.717, 1.165) is 33.1 Å². The summed E-state index contributed by atoms with van der Waals surface area (Å²) in [6, 6.07) is 5.50. The Morgan fingerprint density at radius 3 is 2.46 bits per heavy atom. The Labute approximate surface area is 157 Å². The minimum absolute atomic E-state index is 0.0329. The van der Waals surface area contributed by atoms with Crippen LogP contribution in [0.2, 0.25) is 0 Å². The Balaban J connectivity index is 2.06. The molecule has 3 heterocycles. The summed E-state index contributed by atoms with van der Waals surface area (Å²) < 4.78 is 68.2. The van der Waals surface area contributed by atoms with Crippen LogP contribution < -0.4 is 5.32 Å². The summed E-state index contributed by atoms with van der Waals surface area (Å²) >= 11 is 0. The number of alkyl halides is 5. The molecule has 3 nitrogen and oxygen atoms in total. The molecule has 2 aromatic heterocycles. The van der Waals surface area contributed by atoms with E-state index in [0.29, 0.717) is 17.5 Å². The number of allylic oxidation sites excluding steroid dienone is 1. The molecule has 0 saturated heterocycles. The highest BCUT2D eigenvalue weighted by atomic mass is 19.4. The van der Waals surface area contributed by atoms with Crippen molar-refractivity contribution in [3.63, 3.8) is 0 Å². The first kappa shape index (κ1) is 18.5. The van der Waals surface area contributed by atoms with Crippen molar-refractivity contribution in [1.82, 2.24) is 9.61 Å². The summed E-state index contributed by atoms with van der Waals surface area (Å²) in [6.07, 6.45) is -7.01. The predicted octanol–water partition coefficient (Wildman–Crippen LogP) is 6.06. The molecule has 1 aromatic carbocycles. The standard InChI is InChI=1S/C20H16F5N3/c1-9-5-14(19(21)22)18(28-15(9)8-16(27-28)20(23,24)25)13-4-10(2)17-12(7-13)6-11(3)26-17/h4-5,7-8,19,26H,3,6H2,1-2H3. The first-order valence-corrected chi connectivity index (χ1v) is 8.53. The highest BCUT2D eigenvalue weighted by Crippen LogP contribution is 2.40. The number of rotatable bonds is 2. The molecule has 0 saturated carbocycles. The number of fused-ring (bicyclic) bond motifs is 2. The topological polar surface area (TPSA) is 29.3 Å². The summed E-state index contributed by atoms with van der Waals surface area (Å²) in [5, 5.41) is 6.77. The van der Waals surface area contributed by atoms with Crippen LogP contribution in [-0.4, -0.2) is 9.61 Å². The number of nitrogens with zero attached hydrogens (tertiary/aromatic N) is 2. The van der Waals surface area contributed by atoms with E-state index in [9.17, 15) is 22.0 Å². The molecular formula is C20H16F5N3. The van der Waals surface area contributed by atoms with Gasteiger partial charge in [0.15, 0.2) is 5.69 Å². The highest BCUT2D eigenvalue weighted by Gasteiger charge is 2.35. The molecule has 0 spiro atoms. The summed E-state index contributed by atoms with van der Waals surface area (Å²) in [6.45, 7) is 7.18. The second-order valence-electron chi connectivity index (χ2n) is 6.99. The lowest BCUT2D eigenvalue weighted by Gasteiger charge is -2.15. The van der Waals surface area contributed by atoms with Crippen LogP contribution in [-0.2, 0) is 12.6 Å². The molecule has 0 unspecified atom stereocenters. The molecular weight excluding hydrogens is 377 g/mol. The van der Waals surface area contributed by atoms with Gasteiger partial charge in [0.1, 0.15) is 0 Å². The number of aromatic nitrogens is 2. The van der Waals surface area contributed by atoms with Gasteiger partial charge < -0.3 is 5.32 Å². The summed E-state index contributed by atoms with van der Waals surface area (Å²) in [4.78, 5) is 0. The van der Waals surface area contributed by atoms with Crippen LogP contribution in [0.5, 0.6) is 0 Å². The Kier molecular flexibility index (Phi) is 3.99. The van der Waals surface area contributed by atoms with Crippen LogP contribution in [0.15, 0.2) is 36.5 Å². The van der Waals surface area contributed by atoms with E-state index in [4.69, 9.17) is 0 Å². The van der Waals surface area contributed by atoms with Crippen LogP contribution in [0, 0.1) is 13.8 Å². The second-order valence-corrected chi connectivity index (χ2v) is 6.99. The van der Waals surface area contributed by atoms with Crippen molar-refractivity contribution in [3.8, 4) is 11.3 Å². The van der Waals surface area contributed by atoms with Crippen LogP contribution in [0.4, 0.5) is 27.6 Å². The monoisotopic (exact) mass is 393 g/mol. The van der Waals surface area contributed by atoms with Gasteiger partial charge in [-0.1, -0.05) is 6.58 Å². The summed E-state index contributed by atoms with van der Waals surface area (Å²) in [5.74, 6) is 0. The average Bonchev–Trinajstić information content (AvgIpc) is 3.18. The lowest BCUT2D eigenvalue weighted by Crippen LogP contribution is -2.07. The van der Waals surface area contributed by atoms with E-state index < -0.39 is 18.3 Å². The van der Waals surface area contributed by atoms with E-state index in [2.05, 4.69) is 17.0 Å². The third-order valence-electron chi connectivity index (χ3n) is 4.89. The van der Waals surface area contributed by atoms with E-state index in [1.165, 1.54) is 13.0 Å². The number of hydrogen-bond donors (Lipinski definition) is 1. The predicted molar refractivity (Wildman–Crippen MR) is 96.5 cm³/mol. The number of nitrogens with one attached hydrogen (secondary N) is 1. The van der Waals surface area contributed by atoms with Crippen LogP contribution >= 0.6 is 0 Å². The zero-order chi connectivity index (χ0) is 20.4. The maximum absolute atomic E-state index is 13.8. The normalized spacial score (nSPS) is 14.1. The summed E-state index contributed by atoms with van der Waals surface area (Å²) in [5.41, 5.74) is 2.62. The molecule has 1 N–H and O–H groups in total. The highest BCUT2D eigenvalue weighted by molar-refractivity contribution is 5.77. The Hall–Kier alpha value is -2.90. The number of pyridine rings is 1. The number of benzene rings is 1. The van der Waals surface area contributed by atoms with Gasteiger partial charge in [0, 0.05) is 28.9 Å². The number of aryl methyl sites for hydroxylation is 2. The van der Waals surface area contributed by atoms with Crippen molar-refractivity contribution >= 4 is 11.2 Å². The quantitative estimate of drug-likeness (QED) is 0.537. The molecule has 3 aromatic rings. The molecule has 0 fully saturated rings. The van der Waals surface area contributed by atoms with E-state index in [-0.39, 0.29) is 16.8 Å². The van der Waals surface area contributed by atoms with E-state index >= 15 is 0 Å². The van der Waals surface area contributed by atoms with Crippen molar-refractivity contribution in [2.24, 2.45) is 0 Å². The second kappa shape index (κ2) is 6.05. The van der Waals surface area contributed by atoms with Gasteiger partial charge in [-0.05, 0) is 54.8 Å². The van der Waals surface area contributed by atoms with Gasteiger partial charge in [-0.25, -0.2) is 13.3 Å². The lowest BCUT2D eigenvalue weighted by atomic mass is 9.97. The largest absolute Gasteiger partial charge is 0.435 e. The Morgan fingerprint density at radius 1 is 1.11 bits per heavy atom. The van der Waals surface area contributed by atoms with Crippen LogP contribution in [0.3, 0.4) is 0 Å². The van der Waals surface area contributed by atoms with E-state index in [1.54, 1.807) is 12.1 Å². The number of anilines is 1. The molecule has 1 aliphatic heterocycles. The Bertz CT molecular complexity index is 1130. The minimum atomic E-state index is -4.67. The third-order valence-corrected chi connectivity index (χ3v) is 4.89. The van der Waals surface area contributed by atoms with Crippen molar-refractivity contribution < 1.29 is 22.0 Å². The number of hydrogen-bond acceptors (Lipinski definition) is 2. The molecule has 0 atom stereocenters. The van der Waals surface area contributed by atoms with Gasteiger partial charge in [-0.2, -0.15) is 18.3 Å². The van der Waals surface area contributed by atoms with Crippen LogP contribution in [0.1, 0.15) is 34.4 Å². The fourth-order valence-corrected chi connectivity index (χ4v) is 3.69. The molecule has 28 heavy (non-hydrogen) atoms. The average molecular weight is 393 g/mol. The molecule has 8 heteroatoms. The molecule has 4 rings (SSSR count). The fourth-order valence-electron chi connectivity index (χ4n) is 3.69. The Morgan fingerprint density at radius 2 is 1.82 bits per heavy atom. The zero-order valence-corrected chi connectivity index (χ0v) is 15.1. The molecule has 0 bridgehead atoms. The molecule has 0 radical (unpaired) electrons. The molecule has 1 aliphatic rings. The minimum Gasteiger partial charge on any atom is -0.359 e.